The quantitative estimate of drug-likeness (QED) is 0.119. The van der Waals surface area contributed by atoms with E-state index in [1.54, 1.807) is 0 Å². The number of aromatic hydroxyl groups is 1. The van der Waals surface area contributed by atoms with Gasteiger partial charge < -0.3 is 34.6 Å². The van der Waals surface area contributed by atoms with E-state index >= 15 is 0 Å². The number of carbonyl (C=O) groups is 3. The third-order valence-corrected chi connectivity index (χ3v) is 6.69. The minimum atomic E-state index is -6.48. The third-order valence-electron chi connectivity index (χ3n) is 6.69. The Bertz CT molecular complexity index is 1340. The molecule has 0 aliphatic carbocycles. The summed E-state index contributed by atoms with van der Waals surface area (Å²) in [6.07, 6.45) is -46.4. The van der Waals surface area contributed by atoms with Crippen molar-refractivity contribution < 1.29 is 128 Å². The van der Waals surface area contributed by atoms with Crippen molar-refractivity contribution in [3.8, 4) is 5.75 Å². The number of carbonyl (C=O) groups excluding carboxylic acids is 3. The van der Waals surface area contributed by atoms with Crippen LogP contribution in [0.15, 0.2) is 12.1 Å². The average molecular weight is 808 g/mol. The van der Waals surface area contributed by atoms with Crippen molar-refractivity contribution in [2.24, 2.45) is 0 Å². The van der Waals surface area contributed by atoms with Gasteiger partial charge in [-0.15, -0.1) is 0 Å². The van der Waals surface area contributed by atoms with Gasteiger partial charge >= 0.3 is 55.0 Å². The average Bonchev–Trinajstić information content (AvgIpc) is 2.93. The third kappa shape index (κ3) is 9.53. The Labute approximate surface area is 274 Å². The van der Waals surface area contributed by atoms with Crippen LogP contribution in [0.5, 0.6) is 5.75 Å². The van der Waals surface area contributed by atoms with Crippen molar-refractivity contribution in [1.82, 2.24) is 0 Å². The molecule has 0 saturated heterocycles. The summed E-state index contributed by atoms with van der Waals surface area (Å²) in [6.45, 7) is -6.19. The highest BCUT2D eigenvalue weighted by molar-refractivity contribution is 6.04. The number of ether oxygens (including phenoxy) is 3. The predicted octanol–water partition coefficient (Wildman–Crippen LogP) is 5.60. The molecule has 0 bridgehead atoms. The molecule has 0 spiro atoms. The molecule has 0 unspecified atom stereocenters. The van der Waals surface area contributed by atoms with E-state index in [-0.39, 0.29) is 12.1 Å². The van der Waals surface area contributed by atoms with E-state index in [0.717, 1.165) is 0 Å². The number of alkyl halides is 18. The van der Waals surface area contributed by atoms with Gasteiger partial charge in [0.15, 0.2) is 0 Å². The number of esters is 3. The van der Waals surface area contributed by atoms with Crippen molar-refractivity contribution in [2.75, 3.05) is 19.8 Å². The Morgan fingerprint density at radius 2 is 0.654 bits per heavy atom. The molecule has 52 heavy (non-hydrogen) atoms. The van der Waals surface area contributed by atoms with Crippen molar-refractivity contribution in [2.45, 2.75) is 73.1 Å². The summed E-state index contributed by atoms with van der Waals surface area (Å²) in [6, 6.07) is -0.190. The van der Waals surface area contributed by atoms with E-state index in [0.29, 0.717) is 0 Å². The summed E-state index contributed by atoms with van der Waals surface area (Å²) in [5.41, 5.74) is -21.6. The van der Waals surface area contributed by atoms with Crippen molar-refractivity contribution in [1.29, 1.82) is 0 Å². The van der Waals surface area contributed by atoms with Crippen LogP contribution in [-0.2, 0) is 14.2 Å². The molecule has 1 rings (SSSR count). The maximum absolute atomic E-state index is 12.9. The Balaban J connectivity index is 3.54. The van der Waals surface area contributed by atoms with E-state index in [9.17, 15) is 98.5 Å². The van der Waals surface area contributed by atoms with Gasteiger partial charge in [-0.05, 0) is 12.1 Å². The van der Waals surface area contributed by atoms with Crippen LogP contribution in [0.3, 0.4) is 0 Å². The first-order valence-electron chi connectivity index (χ1n) is 12.9. The lowest BCUT2D eigenvalue weighted by molar-refractivity contribution is -0.371. The standard InChI is InChI=1S/C24H18F18O10/c25-19(26,27)16(47,20(28,29)30)1-4-50-13(44)9-7-10(14(45)51-5-2-17(48,21(31,32)33)22(34,35)36)12(43)11(8-9)15(46)52-6-3-18(49,23(37,38)39)24(40,41)42/h7-8,43,47-49H,1-6H2. The molecule has 0 aromatic heterocycles. The van der Waals surface area contributed by atoms with Crippen LogP contribution in [0.2, 0.25) is 0 Å². The van der Waals surface area contributed by atoms with Gasteiger partial charge in [0.25, 0.3) is 16.8 Å². The highest BCUT2D eigenvalue weighted by Gasteiger charge is 2.72. The van der Waals surface area contributed by atoms with Crippen LogP contribution in [0.25, 0.3) is 0 Å². The maximum atomic E-state index is 12.9. The molecule has 1 aromatic rings. The zero-order chi connectivity index (χ0) is 41.3. The van der Waals surface area contributed by atoms with Crippen molar-refractivity contribution in [3.63, 3.8) is 0 Å². The molecular formula is C24H18F18O10. The number of halogens is 18. The first-order chi connectivity index (χ1) is 22.9. The van der Waals surface area contributed by atoms with E-state index in [4.69, 9.17) is 15.3 Å². The molecule has 0 heterocycles. The van der Waals surface area contributed by atoms with Gasteiger partial charge in [0, 0.05) is 19.3 Å². The highest BCUT2D eigenvalue weighted by Crippen LogP contribution is 2.47. The SMILES string of the molecule is O=C(OCCC(O)(C(F)(F)F)C(F)(F)F)c1cc(C(=O)OCCC(O)(C(F)(F)F)C(F)(F)F)c(O)c(C(=O)OCCC(O)(C(F)(F)F)C(F)(F)F)c1. The Morgan fingerprint density at radius 1 is 0.442 bits per heavy atom. The molecule has 0 aliphatic heterocycles. The number of hydrogen-bond acceptors (Lipinski definition) is 10. The first kappa shape index (κ1) is 46.1. The van der Waals surface area contributed by atoms with Gasteiger partial charge in [-0.2, -0.15) is 79.0 Å². The predicted molar refractivity (Wildman–Crippen MR) is 124 cm³/mol. The highest BCUT2D eigenvalue weighted by atomic mass is 19.4. The number of phenolic OH excluding ortho intramolecular Hbond substituents is 1. The molecule has 0 fully saturated rings. The van der Waals surface area contributed by atoms with Crippen LogP contribution in [0.4, 0.5) is 79.0 Å². The molecule has 4 N–H and O–H groups in total. The second-order valence-electron chi connectivity index (χ2n) is 10.1. The Morgan fingerprint density at radius 3 is 0.865 bits per heavy atom. The fourth-order valence-corrected chi connectivity index (χ4v) is 3.51. The molecule has 0 amide bonds. The second kappa shape index (κ2) is 14.8. The molecule has 0 aliphatic rings. The topological polar surface area (TPSA) is 160 Å². The summed E-state index contributed by atoms with van der Waals surface area (Å²) < 4.78 is 244. The van der Waals surface area contributed by atoms with Crippen LogP contribution >= 0.6 is 0 Å². The number of aliphatic hydroxyl groups is 3. The lowest BCUT2D eigenvalue weighted by Crippen LogP contribution is -2.57. The fourth-order valence-electron chi connectivity index (χ4n) is 3.51. The lowest BCUT2D eigenvalue weighted by atomic mass is 9.98. The van der Waals surface area contributed by atoms with Crippen molar-refractivity contribution in [3.05, 3.63) is 28.8 Å². The summed E-state index contributed by atoms with van der Waals surface area (Å²) >= 11 is 0. The molecule has 300 valence electrons. The number of rotatable bonds is 12. The molecular weight excluding hydrogens is 790 g/mol. The van der Waals surface area contributed by atoms with Crippen molar-refractivity contribution >= 4 is 17.9 Å². The molecule has 1 aromatic carbocycles. The lowest BCUT2D eigenvalue weighted by Gasteiger charge is -2.32. The minimum absolute atomic E-state index is 0.0950. The van der Waals surface area contributed by atoms with E-state index < -0.39 is 133 Å². The molecule has 0 radical (unpaired) electrons. The summed E-state index contributed by atoms with van der Waals surface area (Å²) in [5, 5.41) is 37.6. The molecule has 28 heteroatoms. The number of phenols is 1. The number of hydrogen-bond donors (Lipinski definition) is 4. The van der Waals surface area contributed by atoms with E-state index in [1.807, 2.05) is 0 Å². The Hall–Kier alpha value is -3.95. The number of benzene rings is 1. The van der Waals surface area contributed by atoms with Gasteiger partial charge in [0.1, 0.15) is 16.9 Å². The van der Waals surface area contributed by atoms with E-state index in [1.165, 1.54) is 0 Å². The monoisotopic (exact) mass is 808 g/mol. The van der Waals surface area contributed by atoms with Gasteiger partial charge in [-0.25, -0.2) is 14.4 Å². The zero-order valence-corrected chi connectivity index (χ0v) is 24.4. The van der Waals surface area contributed by atoms with E-state index in [2.05, 4.69) is 14.2 Å². The second-order valence-corrected chi connectivity index (χ2v) is 10.1. The zero-order valence-electron chi connectivity index (χ0n) is 24.4. The molecule has 0 saturated carbocycles. The van der Waals surface area contributed by atoms with Gasteiger partial charge in [0.2, 0.25) is 0 Å². The molecule has 0 atom stereocenters. The first-order valence-corrected chi connectivity index (χ1v) is 12.9. The minimum Gasteiger partial charge on any atom is -0.506 e. The smallest absolute Gasteiger partial charge is 0.426 e. The Kier molecular flexibility index (Phi) is 13.1. The molecule has 10 nitrogen and oxygen atoms in total. The maximum Gasteiger partial charge on any atom is 0.426 e. The van der Waals surface area contributed by atoms with Crippen LogP contribution in [0.1, 0.15) is 50.3 Å². The van der Waals surface area contributed by atoms with Crippen LogP contribution in [-0.4, -0.2) is 112 Å². The van der Waals surface area contributed by atoms with Crippen LogP contribution < -0.4 is 0 Å². The summed E-state index contributed by atoms with van der Waals surface area (Å²) in [7, 11) is 0. The van der Waals surface area contributed by atoms with Crippen LogP contribution in [0, 0.1) is 0 Å². The fraction of sp³-hybridized carbons (Fsp3) is 0.625. The van der Waals surface area contributed by atoms with Gasteiger partial charge in [-0.3, -0.25) is 0 Å². The van der Waals surface area contributed by atoms with Gasteiger partial charge in [0.05, 0.1) is 25.4 Å². The van der Waals surface area contributed by atoms with Gasteiger partial charge in [-0.1, -0.05) is 0 Å². The normalized spacial score (nSPS) is 14.2. The summed E-state index contributed by atoms with van der Waals surface area (Å²) in [4.78, 5) is 37.3. The summed E-state index contributed by atoms with van der Waals surface area (Å²) in [5.74, 6) is -8.85. The largest absolute Gasteiger partial charge is 0.506 e.